The van der Waals surface area contributed by atoms with Gasteiger partial charge in [-0.05, 0) is 44.6 Å². The largest absolute Gasteiger partial charge is 0.416 e. The summed E-state index contributed by atoms with van der Waals surface area (Å²) in [6.45, 7) is 2.46. The van der Waals surface area contributed by atoms with Crippen LogP contribution in [0.5, 0.6) is 0 Å². The number of hydrogen-bond acceptors (Lipinski definition) is 2. The molecule has 1 aliphatic rings. The van der Waals surface area contributed by atoms with Crippen LogP contribution in [0, 0.1) is 0 Å². The van der Waals surface area contributed by atoms with Crippen LogP contribution in [-0.2, 0) is 12.7 Å². The van der Waals surface area contributed by atoms with E-state index in [1.165, 1.54) is 12.1 Å². The molecule has 2 nitrogen and oxygen atoms in total. The Balaban J connectivity index is 0.00000200. The summed E-state index contributed by atoms with van der Waals surface area (Å²) in [7, 11) is 1.95. The Morgan fingerprint density at radius 2 is 1.90 bits per heavy atom. The molecule has 0 radical (unpaired) electrons. The van der Waals surface area contributed by atoms with Crippen LogP contribution >= 0.6 is 12.4 Å². The normalized spacial score (nSPS) is 17.8. The molecular weight excluding hydrogens is 289 g/mol. The zero-order valence-corrected chi connectivity index (χ0v) is 12.2. The maximum atomic E-state index is 12.6. The third kappa shape index (κ3) is 4.65. The molecule has 0 aromatic heterocycles. The van der Waals surface area contributed by atoms with E-state index in [9.17, 15) is 13.2 Å². The highest BCUT2D eigenvalue weighted by Crippen LogP contribution is 2.29. The Morgan fingerprint density at radius 1 is 1.25 bits per heavy atom. The summed E-state index contributed by atoms with van der Waals surface area (Å²) in [5, 5.41) is 3.24. The zero-order valence-electron chi connectivity index (χ0n) is 11.4. The number of hydrogen-bond donors (Lipinski definition) is 1. The first-order chi connectivity index (χ1) is 8.99. The first-order valence-corrected chi connectivity index (χ1v) is 6.55. The van der Waals surface area contributed by atoms with Gasteiger partial charge in [0, 0.05) is 12.6 Å². The average molecular weight is 309 g/mol. The maximum absolute atomic E-state index is 12.6. The molecule has 0 unspecified atom stereocenters. The molecule has 0 saturated carbocycles. The van der Waals surface area contributed by atoms with E-state index < -0.39 is 11.7 Å². The van der Waals surface area contributed by atoms with Gasteiger partial charge in [0.1, 0.15) is 0 Å². The Labute approximate surface area is 123 Å². The van der Waals surface area contributed by atoms with E-state index in [0.29, 0.717) is 12.6 Å². The van der Waals surface area contributed by atoms with Crippen LogP contribution in [0.2, 0.25) is 0 Å². The second-order valence-corrected chi connectivity index (χ2v) is 5.04. The van der Waals surface area contributed by atoms with Crippen LogP contribution in [0.4, 0.5) is 13.2 Å². The van der Waals surface area contributed by atoms with Crippen LogP contribution in [-0.4, -0.2) is 31.1 Å². The minimum absolute atomic E-state index is 0. The van der Waals surface area contributed by atoms with Crippen molar-refractivity contribution in [1.29, 1.82) is 0 Å². The van der Waals surface area contributed by atoms with E-state index in [1.54, 1.807) is 6.07 Å². The van der Waals surface area contributed by atoms with Gasteiger partial charge in [0.2, 0.25) is 0 Å². The molecule has 0 amide bonds. The van der Waals surface area contributed by atoms with Crippen molar-refractivity contribution in [3.05, 3.63) is 35.4 Å². The van der Waals surface area contributed by atoms with Crippen LogP contribution in [0.3, 0.4) is 0 Å². The molecule has 20 heavy (non-hydrogen) atoms. The summed E-state index contributed by atoms with van der Waals surface area (Å²) in [6.07, 6.45) is -2.15. The summed E-state index contributed by atoms with van der Waals surface area (Å²) >= 11 is 0. The number of nitrogens with one attached hydrogen (secondary N) is 1. The minimum Gasteiger partial charge on any atom is -0.317 e. The molecule has 114 valence electrons. The van der Waals surface area contributed by atoms with Crippen molar-refractivity contribution in [2.45, 2.75) is 31.6 Å². The van der Waals surface area contributed by atoms with Gasteiger partial charge in [-0.2, -0.15) is 13.2 Å². The highest BCUT2D eigenvalue weighted by Gasteiger charge is 2.30. The predicted molar refractivity (Wildman–Crippen MR) is 76.1 cm³/mol. The van der Waals surface area contributed by atoms with Gasteiger partial charge in [0.25, 0.3) is 0 Å². The molecule has 0 atom stereocenters. The summed E-state index contributed by atoms with van der Waals surface area (Å²) in [4.78, 5) is 2.21. The van der Waals surface area contributed by atoms with Gasteiger partial charge in [-0.3, -0.25) is 4.90 Å². The first-order valence-electron chi connectivity index (χ1n) is 6.55. The van der Waals surface area contributed by atoms with E-state index >= 15 is 0 Å². The van der Waals surface area contributed by atoms with Crippen molar-refractivity contribution in [3.8, 4) is 0 Å². The Kier molecular flexibility index (Phi) is 6.30. The number of halogens is 4. The number of piperidine rings is 1. The molecule has 1 N–H and O–H groups in total. The molecule has 1 aromatic carbocycles. The third-order valence-electron chi connectivity index (χ3n) is 3.66. The fraction of sp³-hybridized carbons (Fsp3) is 0.571. The van der Waals surface area contributed by atoms with E-state index in [4.69, 9.17) is 0 Å². The molecule has 1 aromatic rings. The molecule has 1 fully saturated rings. The third-order valence-corrected chi connectivity index (χ3v) is 3.66. The second-order valence-electron chi connectivity index (χ2n) is 5.04. The van der Waals surface area contributed by atoms with Gasteiger partial charge in [0.15, 0.2) is 0 Å². The number of alkyl halides is 3. The van der Waals surface area contributed by atoms with Gasteiger partial charge in [-0.15, -0.1) is 12.4 Å². The smallest absolute Gasteiger partial charge is 0.317 e. The molecule has 2 rings (SSSR count). The van der Waals surface area contributed by atoms with Crippen molar-refractivity contribution in [2.24, 2.45) is 0 Å². The maximum Gasteiger partial charge on any atom is 0.416 e. The number of likely N-dealkylation sites (tertiary alicyclic amines) is 1. The molecule has 1 heterocycles. The molecule has 1 saturated heterocycles. The van der Waals surface area contributed by atoms with E-state index in [1.807, 2.05) is 7.05 Å². The summed E-state index contributed by atoms with van der Waals surface area (Å²) < 4.78 is 37.9. The number of nitrogens with zero attached hydrogens (tertiary/aromatic N) is 1. The Hall–Kier alpha value is -0.780. The summed E-state index contributed by atoms with van der Waals surface area (Å²) in [5.74, 6) is 0. The summed E-state index contributed by atoms with van der Waals surface area (Å²) in [5.41, 5.74) is 0.174. The molecule has 0 bridgehead atoms. The lowest BCUT2D eigenvalue weighted by Crippen LogP contribution is -2.40. The van der Waals surface area contributed by atoms with Gasteiger partial charge >= 0.3 is 6.18 Å². The molecule has 1 aliphatic heterocycles. The standard InChI is InChI=1S/C14H19F3N2.ClH/c1-18-13-5-7-19(8-6-13)10-11-3-2-4-12(9-11)14(15,16)17;/h2-4,9,13,18H,5-8,10H2,1H3;1H. The lowest BCUT2D eigenvalue weighted by atomic mass is 10.0. The fourth-order valence-electron chi connectivity index (χ4n) is 2.48. The predicted octanol–water partition coefficient (Wildman–Crippen LogP) is 3.31. The van der Waals surface area contributed by atoms with Crippen molar-refractivity contribution < 1.29 is 13.2 Å². The van der Waals surface area contributed by atoms with Crippen LogP contribution in [0.25, 0.3) is 0 Å². The van der Waals surface area contributed by atoms with Gasteiger partial charge in [-0.1, -0.05) is 18.2 Å². The topological polar surface area (TPSA) is 15.3 Å². The van der Waals surface area contributed by atoms with Crippen molar-refractivity contribution >= 4 is 12.4 Å². The van der Waals surface area contributed by atoms with Crippen molar-refractivity contribution in [2.75, 3.05) is 20.1 Å². The highest BCUT2D eigenvalue weighted by molar-refractivity contribution is 5.85. The van der Waals surface area contributed by atoms with E-state index in [0.717, 1.165) is 37.6 Å². The van der Waals surface area contributed by atoms with Crippen LogP contribution in [0.15, 0.2) is 24.3 Å². The van der Waals surface area contributed by atoms with Gasteiger partial charge in [-0.25, -0.2) is 0 Å². The first kappa shape index (κ1) is 17.3. The molecule has 0 spiro atoms. The lowest BCUT2D eigenvalue weighted by molar-refractivity contribution is -0.137. The highest BCUT2D eigenvalue weighted by atomic mass is 35.5. The van der Waals surface area contributed by atoms with Crippen LogP contribution < -0.4 is 5.32 Å². The molecule has 6 heteroatoms. The van der Waals surface area contributed by atoms with E-state index in [2.05, 4.69) is 10.2 Å². The Morgan fingerprint density at radius 3 is 2.45 bits per heavy atom. The van der Waals surface area contributed by atoms with Crippen molar-refractivity contribution in [1.82, 2.24) is 10.2 Å². The average Bonchev–Trinajstić information content (AvgIpc) is 2.39. The quantitative estimate of drug-likeness (QED) is 0.921. The number of rotatable bonds is 3. The molecular formula is C14H20ClF3N2. The SMILES string of the molecule is CNC1CCN(Cc2cccc(C(F)(F)F)c2)CC1.Cl. The lowest BCUT2D eigenvalue weighted by Gasteiger charge is -2.31. The van der Waals surface area contributed by atoms with Gasteiger partial charge in [0.05, 0.1) is 5.56 Å². The second kappa shape index (κ2) is 7.29. The van der Waals surface area contributed by atoms with Crippen molar-refractivity contribution in [3.63, 3.8) is 0 Å². The van der Waals surface area contributed by atoms with Crippen LogP contribution in [0.1, 0.15) is 24.0 Å². The Bertz CT molecular complexity index is 415. The summed E-state index contributed by atoms with van der Waals surface area (Å²) in [6, 6.07) is 6.16. The molecule has 0 aliphatic carbocycles. The zero-order chi connectivity index (χ0) is 13.9. The van der Waals surface area contributed by atoms with E-state index in [-0.39, 0.29) is 12.4 Å². The number of benzene rings is 1. The van der Waals surface area contributed by atoms with Gasteiger partial charge < -0.3 is 5.32 Å². The minimum atomic E-state index is -4.25. The fourth-order valence-corrected chi connectivity index (χ4v) is 2.48. The monoisotopic (exact) mass is 308 g/mol.